The number of sulfonamides is 1. The van der Waals surface area contributed by atoms with Gasteiger partial charge in [-0.25, -0.2) is 8.42 Å². The third-order valence-corrected chi connectivity index (χ3v) is 9.43. The maximum Gasteiger partial charge on any atom is 0.323 e. The molecule has 1 N–H and O–H groups in total. The number of nitrogens with zero attached hydrogens (tertiary/aromatic N) is 4. The number of rotatable bonds is 12. The van der Waals surface area contributed by atoms with Crippen molar-refractivity contribution >= 4 is 39.3 Å². The fraction of sp³-hybridized carbons (Fsp3) is 0.640. The van der Waals surface area contributed by atoms with Crippen LogP contribution >= 0.6 is 11.8 Å². The Hall–Kier alpha value is -2.33. The van der Waals surface area contributed by atoms with E-state index in [9.17, 15) is 23.3 Å². The van der Waals surface area contributed by atoms with E-state index in [0.717, 1.165) is 17.8 Å². The van der Waals surface area contributed by atoms with Crippen LogP contribution in [0.5, 0.6) is 0 Å². The molecule has 0 spiro atoms. The van der Waals surface area contributed by atoms with E-state index in [-0.39, 0.29) is 29.6 Å². The third-order valence-electron chi connectivity index (χ3n) is 6.60. The number of piperazine rings is 1. The fourth-order valence-corrected chi connectivity index (χ4v) is 7.05. The summed E-state index contributed by atoms with van der Waals surface area (Å²) in [6, 6.07) is 10.2. The van der Waals surface area contributed by atoms with Gasteiger partial charge in [-0.05, 0) is 38.0 Å². The number of esters is 1. The Balaban J connectivity index is 1.49. The van der Waals surface area contributed by atoms with Crippen LogP contribution in [0.3, 0.4) is 0 Å². The molecule has 3 atom stereocenters. The van der Waals surface area contributed by atoms with Crippen LogP contribution in [0, 0.1) is 17.2 Å². The van der Waals surface area contributed by atoms with E-state index in [1.54, 1.807) is 11.8 Å². The summed E-state index contributed by atoms with van der Waals surface area (Å²) in [5.74, 6) is -1.37. The second-order valence-electron chi connectivity index (χ2n) is 9.23. The third kappa shape index (κ3) is 8.07. The summed E-state index contributed by atoms with van der Waals surface area (Å²) in [5, 5.41) is 12.4. The molecule has 2 aliphatic heterocycles. The highest BCUT2D eigenvalue weighted by molar-refractivity contribution is 8.01. The van der Waals surface area contributed by atoms with Gasteiger partial charge >= 0.3 is 5.97 Å². The monoisotopic (exact) mass is 551 g/mol. The summed E-state index contributed by atoms with van der Waals surface area (Å²) in [6.07, 6.45) is 2.15. The molecule has 2 aliphatic rings. The Morgan fingerprint density at radius 2 is 2.00 bits per heavy atom. The number of nitrogens with one attached hydrogen (secondary N) is 1. The molecule has 10 nitrogen and oxygen atoms in total. The lowest BCUT2D eigenvalue weighted by molar-refractivity contribution is -0.146. The van der Waals surface area contributed by atoms with Gasteiger partial charge in [0.15, 0.2) is 0 Å². The van der Waals surface area contributed by atoms with Crippen molar-refractivity contribution in [2.75, 3.05) is 57.4 Å². The number of anilines is 1. The smallest absolute Gasteiger partial charge is 0.323 e. The topological polar surface area (TPSA) is 123 Å². The first-order valence-corrected chi connectivity index (χ1v) is 15.5. The van der Waals surface area contributed by atoms with Gasteiger partial charge in [-0.15, -0.1) is 11.8 Å². The van der Waals surface area contributed by atoms with Crippen molar-refractivity contribution in [2.45, 2.75) is 43.9 Å². The van der Waals surface area contributed by atoms with Gasteiger partial charge in [0.25, 0.3) is 0 Å². The van der Waals surface area contributed by atoms with E-state index in [4.69, 9.17) is 4.74 Å². The Kier molecular flexibility index (Phi) is 10.6. The van der Waals surface area contributed by atoms with E-state index >= 15 is 0 Å². The molecule has 0 aromatic heterocycles. The van der Waals surface area contributed by atoms with Gasteiger partial charge in [0, 0.05) is 57.9 Å². The number of nitriles is 1. The maximum atomic E-state index is 12.9. The number of benzene rings is 1. The van der Waals surface area contributed by atoms with Crippen molar-refractivity contribution < 1.29 is 22.7 Å². The van der Waals surface area contributed by atoms with Crippen molar-refractivity contribution in [3.05, 3.63) is 29.8 Å². The highest BCUT2D eigenvalue weighted by Gasteiger charge is 2.41. The average Bonchev–Trinajstić information content (AvgIpc) is 3.16. The molecule has 37 heavy (non-hydrogen) atoms. The zero-order chi connectivity index (χ0) is 27.0. The molecule has 3 rings (SSSR count). The largest absolute Gasteiger partial charge is 0.465 e. The first kappa shape index (κ1) is 29.2. The van der Waals surface area contributed by atoms with E-state index < -0.39 is 21.9 Å². The first-order chi connectivity index (χ1) is 17.7. The molecule has 0 aliphatic carbocycles. The zero-order valence-electron chi connectivity index (χ0n) is 21.8. The van der Waals surface area contributed by atoms with Crippen LogP contribution in [0.25, 0.3) is 0 Å². The molecule has 1 aromatic rings. The molecule has 3 unspecified atom stereocenters. The summed E-state index contributed by atoms with van der Waals surface area (Å²) in [7, 11) is -3.14. The molecule has 0 saturated carbocycles. The van der Waals surface area contributed by atoms with Crippen molar-refractivity contribution in [2.24, 2.45) is 5.92 Å². The van der Waals surface area contributed by atoms with Crippen LogP contribution in [0.1, 0.15) is 32.3 Å². The summed E-state index contributed by atoms with van der Waals surface area (Å²) in [4.78, 5) is 29.0. The van der Waals surface area contributed by atoms with Crippen molar-refractivity contribution in [3.8, 4) is 6.07 Å². The number of ether oxygens (including phenoxy) is 1. The van der Waals surface area contributed by atoms with Gasteiger partial charge in [-0.3, -0.25) is 14.5 Å². The van der Waals surface area contributed by atoms with Gasteiger partial charge in [-0.1, -0.05) is 12.1 Å². The fourth-order valence-electron chi connectivity index (χ4n) is 4.63. The second-order valence-corrected chi connectivity index (χ2v) is 12.6. The number of carbonyl (C=O) groups is 2. The predicted octanol–water partition coefficient (Wildman–Crippen LogP) is 1.95. The van der Waals surface area contributed by atoms with Crippen LogP contribution in [0.2, 0.25) is 0 Å². The lowest BCUT2D eigenvalue weighted by Gasteiger charge is -2.33. The number of carbonyl (C=O) groups excluding carboxylic acids is 2. The van der Waals surface area contributed by atoms with Crippen LogP contribution in [-0.4, -0.2) is 97.2 Å². The summed E-state index contributed by atoms with van der Waals surface area (Å²) in [6.45, 7) is 8.14. The molecule has 12 heteroatoms. The lowest BCUT2D eigenvalue weighted by Crippen LogP contribution is -2.47. The summed E-state index contributed by atoms with van der Waals surface area (Å²) >= 11 is 1.52. The van der Waals surface area contributed by atoms with E-state index in [1.807, 2.05) is 25.1 Å². The predicted molar refractivity (Wildman–Crippen MR) is 144 cm³/mol. The van der Waals surface area contributed by atoms with Gasteiger partial charge in [-0.2, -0.15) is 9.57 Å². The van der Waals surface area contributed by atoms with Crippen molar-refractivity contribution in [3.63, 3.8) is 0 Å². The first-order valence-electron chi connectivity index (χ1n) is 12.7. The Morgan fingerprint density at radius 3 is 2.62 bits per heavy atom. The SMILES string of the molecule is CCOC(=O)C(C#N)CC1SC(CCNc2cccc(CN3CCN(S(C)(=O)=O)CC3)c2)C(=O)N1CC. The second kappa shape index (κ2) is 13.5. The highest BCUT2D eigenvalue weighted by atomic mass is 32.2. The van der Waals surface area contributed by atoms with Crippen LogP contribution in [0.15, 0.2) is 24.3 Å². The molecule has 0 radical (unpaired) electrons. The molecular weight excluding hydrogens is 514 g/mol. The Bertz CT molecular complexity index is 1090. The normalized spacial score (nSPS) is 22.0. The zero-order valence-corrected chi connectivity index (χ0v) is 23.4. The molecule has 2 fully saturated rings. The Morgan fingerprint density at radius 1 is 1.27 bits per heavy atom. The van der Waals surface area contributed by atoms with Crippen LogP contribution in [0.4, 0.5) is 5.69 Å². The Labute approximate surface area is 224 Å². The molecule has 1 amide bonds. The molecule has 2 heterocycles. The molecule has 2 saturated heterocycles. The van der Waals surface area contributed by atoms with Crippen LogP contribution < -0.4 is 5.32 Å². The minimum Gasteiger partial charge on any atom is -0.465 e. The van der Waals surface area contributed by atoms with E-state index in [0.29, 0.717) is 45.7 Å². The lowest BCUT2D eigenvalue weighted by atomic mass is 10.1. The van der Waals surface area contributed by atoms with Gasteiger partial charge < -0.3 is 15.0 Å². The van der Waals surface area contributed by atoms with Crippen molar-refractivity contribution in [1.82, 2.24) is 14.1 Å². The van der Waals surface area contributed by atoms with Crippen LogP contribution in [-0.2, 0) is 30.9 Å². The maximum absolute atomic E-state index is 12.9. The standard InChI is InChI=1S/C25H37N5O5S2/c1-4-30-23(16-20(17-26)25(32)35-5-2)36-22(24(30)31)9-10-27-21-8-6-7-19(15-21)18-28-11-13-29(14-12-28)37(3,33)34/h6-8,15,20,22-23,27H,4-5,9-14,16,18H2,1-3H3. The molecule has 1 aromatic carbocycles. The number of hydrogen-bond donors (Lipinski definition) is 1. The van der Waals surface area contributed by atoms with E-state index in [1.165, 1.54) is 22.3 Å². The summed E-state index contributed by atoms with van der Waals surface area (Å²) in [5.41, 5.74) is 2.11. The minimum absolute atomic E-state index is 0.0434. The van der Waals surface area contributed by atoms with Gasteiger partial charge in [0.2, 0.25) is 15.9 Å². The molecule has 204 valence electrons. The number of amides is 1. The van der Waals surface area contributed by atoms with Crippen molar-refractivity contribution in [1.29, 1.82) is 5.26 Å². The molecule has 0 bridgehead atoms. The number of thioether (sulfide) groups is 1. The number of hydrogen-bond acceptors (Lipinski definition) is 9. The van der Waals surface area contributed by atoms with Gasteiger partial charge in [0.1, 0.15) is 5.92 Å². The van der Waals surface area contributed by atoms with Gasteiger partial charge in [0.05, 0.1) is 29.6 Å². The summed E-state index contributed by atoms with van der Waals surface area (Å²) < 4.78 is 30.0. The quantitative estimate of drug-likeness (QED) is 0.388. The average molecular weight is 552 g/mol. The molecular formula is C25H37N5O5S2. The van der Waals surface area contributed by atoms with E-state index in [2.05, 4.69) is 22.3 Å². The highest BCUT2D eigenvalue weighted by Crippen LogP contribution is 2.37. The minimum atomic E-state index is -3.14.